The summed E-state index contributed by atoms with van der Waals surface area (Å²) in [5.74, 6) is 1.23. The number of rotatable bonds is 2. The molecular weight excluding hydrogens is 266 g/mol. The van der Waals surface area contributed by atoms with Crippen LogP contribution in [-0.2, 0) is 6.61 Å². The molecule has 21 heavy (non-hydrogen) atoms. The molecule has 1 unspecified atom stereocenters. The topological polar surface area (TPSA) is 69.2 Å². The van der Waals surface area contributed by atoms with Gasteiger partial charge in [-0.2, -0.15) is 0 Å². The number of hydrogen-bond donors (Lipinski definition) is 2. The number of nitrogens with zero attached hydrogens (tertiary/aromatic N) is 2. The largest absolute Gasteiger partial charge is 0.388 e. The van der Waals surface area contributed by atoms with Crippen LogP contribution in [0.15, 0.2) is 18.2 Å². The number of likely N-dealkylation sites (tertiary alicyclic amines) is 1. The Bertz CT molecular complexity index is 650. The van der Waals surface area contributed by atoms with Crippen molar-refractivity contribution in [1.82, 2.24) is 14.9 Å². The quantitative estimate of drug-likeness (QED) is 0.890. The zero-order chi connectivity index (χ0) is 14.8. The number of aromatic amines is 1. The first-order chi connectivity index (χ1) is 10.2. The van der Waals surface area contributed by atoms with Gasteiger partial charge in [0.1, 0.15) is 17.9 Å². The van der Waals surface area contributed by atoms with Gasteiger partial charge in [0.15, 0.2) is 0 Å². The molecule has 0 spiro atoms. The predicted molar refractivity (Wildman–Crippen MR) is 80.9 cm³/mol. The summed E-state index contributed by atoms with van der Waals surface area (Å²) in [5.41, 5.74) is 2.08. The lowest BCUT2D eigenvalue weighted by Crippen LogP contribution is -2.32. The first kappa shape index (κ1) is 14.1. The van der Waals surface area contributed by atoms with Gasteiger partial charge < -0.3 is 15.0 Å². The molecule has 3 rings (SSSR count). The maximum absolute atomic E-state index is 12.8. The summed E-state index contributed by atoms with van der Waals surface area (Å²) in [5, 5.41) is 9.19. The second kappa shape index (κ2) is 5.85. The second-order valence-electron chi connectivity index (χ2n) is 5.87. The number of hydrogen-bond acceptors (Lipinski definition) is 3. The molecule has 112 valence electrons. The summed E-state index contributed by atoms with van der Waals surface area (Å²) in [7, 11) is 0. The molecule has 2 heterocycles. The van der Waals surface area contributed by atoms with Gasteiger partial charge in [-0.3, -0.25) is 4.79 Å². The molecule has 1 aliphatic heterocycles. The zero-order valence-electron chi connectivity index (χ0n) is 12.3. The number of carbonyl (C=O) groups is 1. The maximum Gasteiger partial charge on any atom is 0.256 e. The van der Waals surface area contributed by atoms with E-state index in [1.807, 2.05) is 23.1 Å². The number of H-pyrrole nitrogens is 1. The van der Waals surface area contributed by atoms with Gasteiger partial charge in [-0.1, -0.05) is 13.0 Å². The first-order valence-corrected chi connectivity index (χ1v) is 7.57. The fourth-order valence-electron chi connectivity index (χ4n) is 2.97. The van der Waals surface area contributed by atoms with Crippen molar-refractivity contribution in [1.29, 1.82) is 0 Å². The van der Waals surface area contributed by atoms with Crippen LogP contribution in [0.3, 0.4) is 0 Å². The van der Waals surface area contributed by atoms with Gasteiger partial charge in [0.2, 0.25) is 0 Å². The Morgan fingerprint density at radius 3 is 3.10 bits per heavy atom. The number of fused-ring (bicyclic) bond motifs is 1. The number of para-hydroxylation sites is 1. The van der Waals surface area contributed by atoms with Gasteiger partial charge in [0.05, 0.1) is 11.1 Å². The van der Waals surface area contributed by atoms with Crippen molar-refractivity contribution in [3.8, 4) is 0 Å². The lowest BCUT2D eigenvalue weighted by atomic mass is 10.0. The monoisotopic (exact) mass is 287 g/mol. The molecule has 1 atom stereocenters. The molecule has 0 bridgehead atoms. The summed E-state index contributed by atoms with van der Waals surface area (Å²) >= 11 is 0. The van der Waals surface area contributed by atoms with E-state index in [4.69, 9.17) is 0 Å². The molecule has 5 heteroatoms. The van der Waals surface area contributed by atoms with Crippen LogP contribution in [-0.4, -0.2) is 39.0 Å². The van der Waals surface area contributed by atoms with E-state index in [1.165, 1.54) is 6.42 Å². The van der Waals surface area contributed by atoms with E-state index in [-0.39, 0.29) is 12.5 Å². The second-order valence-corrected chi connectivity index (χ2v) is 5.87. The van der Waals surface area contributed by atoms with Gasteiger partial charge >= 0.3 is 0 Å². The minimum Gasteiger partial charge on any atom is -0.388 e. The minimum absolute atomic E-state index is 0.0469. The maximum atomic E-state index is 12.8. The Labute approximate surface area is 124 Å². The minimum atomic E-state index is -0.149. The Balaban J connectivity index is 1.92. The lowest BCUT2D eigenvalue weighted by Gasteiger charge is -2.20. The molecule has 1 saturated heterocycles. The highest BCUT2D eigenvalue weighted by Gasteiger charge is 2.22. The van der Waals surface area contributed by atoms with Crippen LogP contribution in [0.5, 0.6) is 0 Å². The third-order valence-electron chi connectivity index (χ3n) is 4.25. The molecule has 2 N–H and O–H groups in total. The Morgan fingerprint density at radius 1 is 1.43 bits per heavy atom. The third kappa shape index (κ3) is 2.78. The molecule has 0 aliphatic carbocycles. The summed E-state index contributed by atoms with van der Waals surface area (Å²) < 4.78 is 0. The number of aliphatic hydroxyl groups is 1. The van der Waals surface area contributed by atoms with Crippen LogP contribution in [0.4, 0.5) is 0 Å². The number of imidazole rings is 1. The molecule has 1 fully saturated rings. The van der Waals surface area contributed by atoms with Gasteiger partial charge in [-0.05, 0) is 37.3 Å². The summed E-state index contributed by atoms with van der Waals surface area (Å²) in [4.78, 5) is 22.1. The van der Waals surface area contributed by atoms with Gasteiger partial charge in [0.25, 0.3) is 5.91 Å². The van der Waals surface area contributed by atoms with E-state index in [1.54, 1.807) is 0 Å². The van der Waals surface area contributed by atoms with Crippen LogP contribution < -0.4 is 0 Å². The molecule has 2 aromatic rings. The molecular formula is C16H21N3O2. The summed E-state index contributed by atoms with van der Waals surface area (Å²) in [6.07, 6.45) is 3.31. The lowest BCUT2D eigenvalue weighted by molar-refractivity contribution is 0.0762. The molecule has 0 radical (unpaired) electrons. The summed E-state index contributed by atoms with van der Waals surface area (Å²) in [6, 6.07) is 5.55. The van der Waals surface area contributed by atoms with E-state index < -0.39 is 0 Å². The van der Waals surface area contributed by atoms with Crippen molar-refractivity contribution < 1.29 is 9.90 Å². The average molecular weight is 287 g/mol. The van der Waals surface area contributed by atoms with Gasteiger partial charge in [-0.15, -0.1) is 0 Å². The van der Waals surface area contributed by atoms with Crippen molar-refractivity contribution in [2.24, 2.45) is 5.92 Å². The highest BCUT2D eigenvalue weighted by Crippen LogP contribution is 2.22. The van der Waals surface area contributed by atoms with Crippen molar-refractivity contribution >= 4 is 16.9 Å². The Hall–Kier alpha value is -1.88. The molecule has 5 nitrogen and oxygen atoms in total. The average Bonchev–Trinajstić information content (AvgIpc) is 2.81. The first-order valence-electron chi connectivity index (χ1n) is 7.57. The van der Waals surface area contributed by atoms with E-state index in [9.17, 15) is 9.90 Å². The third-order valence-corrected chi connectivity index (χ3v) is 4.25. The van der Waals surface area contributed by atoms with Crippen molar-refractivity contribution in [3.05, 3.63) is 29.6 Å². The SMILES string of the molecule is CC1CCCN(C(=O)c2cccc3[nH]c(CO)nc23)CC1. The van der Waals surface area contributed by atoms with Crippen LogP contribution in [0.25, 0.3) is 11.0 Å². The normalized spacial score (nSPS) is 19.7. The highest BCUT2D eigenvalue weighted by molar-refractivity contribution is 6.04. The van der Waals surface area contributed by atoms with E-state index in [2.05, 4.69) is 16.9 Å². The molecule has 1 aromatic heterocycles. The van der Waals surface area contributed by atoms with Gasteiger partial charge in [0, 0.05) is 13.1 Å². The van der Waals surface area contributed by atoms with Crippen LogP contribution in [0.2, 0.25) is 0 Å². The van der Waals surface area contributed by atoms with Crippen LogP contribution >= 0.6 is 0 Å². The number of nitrogens with one attached hydrogen (secondary N) is 1. The number of benzene rings is 1. The Morgan fingerprint density at radius 2 is 2.29 bits per heavy atom. The van der Waals surface area contributed by atoms with Crippen molar-refractivity contribution in [2.45, 2.75) is 32.8 Å². The standard InChI is InChI=1S/C16H21N3O2/c1-11-4-3-8-19(9-7-11)16(21)12-5-2-6-13-15(12)18-14(10-20)17-13/h2,5-6,11,20H,3-4,7-10H2,1H3,(H,17,18). The van der Waals surface area contributed by atoms with Crippen molar-refractivity contribution in [3.63, 3.8) is 0 Å². The molecule has 1 aromatic carbocycles. The summed E-state index contributed by atoms with van der Waals surface area (Å²) in [6.45, 7) is 3.73. The number of carbonyl (C=O) groups excluding carboxylic acids is 1. The molecule has 1 amide bonds. The smallest absolute Gasteiger partial charge is 0.256 e. The number of aliphatic hydroxyl groups excluding tert-OH is 1. The number of aromatic nitrogens is 2. The number of amides is 1. The molecule has 1 aliphatic rings. The van der Waals surface area contributed by atoms with Crippen LogP contribution in [0.1, 0.15) is 42.4 Å². The van der Waals surface area contributed by atoms with E-state index in [0.29, 0.717) is 22.8 Å². The molecule has 0 saturated carbocycles. The van der Waals surface area contributed by atoms with Crippen LogP contribution in [0, 0.1) is 5.92 Å². The van der Waals surface area contributed by atoms with Crippen molar-refractivity contribution in [2.75, 3.05) is 13.1 Å². The zero-order valence-corrected chi connectivity index (χ0v) is 12.3. The Kier molecular flexibility index (Phi) is 3.92. The van der Waals surface area contributed by atoms with E-state index >= 15 is 0 Å². The fourth-order valence-corrected chi connectivity index (χ4v) is 2.97. The van der Waals surface area contributed by atoms with E-state index in [0.717, 1.165) is 31.4 Å². The highest BCUT2D eigenvalue weighted by atomic mass is 16.3. The fraction of sp³-hybridized carbons (Fsp3) is 0.500. The van der Waals surface area contributed by atoms with Gasteiger partial charge in [-0.25, -0.2) is 4.98 Å². The predicted octanol–water partition coefficient (Wildman–Crippen LogP) is 2.32.